The Morgan fingerprint density at radius 3 is 2.50 bits per heavy atom. The molecule has 0 aliphatic rings. The monoisotopic (exact) mass is 296 g/mol. The van der Waals surface area contributed by atoms with Crippen LogP contribution in [0.15, 0.2) is 40.3 Å². The van der Waals surface area contributed by atoms with Crippen molar-refractivity contribution >= 4 is 32.4 Å². The van der Waals surface area contributed by atoms with Crippen LogP contribution in [0, 0.1) is 0 Å². The fourth-order valence-electron chi connectivity index (χ4n) is 1.49. The number of anilines is 1. The summed E-state index contributed by atoms with van der Waals surface area (Å²) < 4.78 is 1.10. The maximum atomic E-state index is 4.24. The molecule has 2 aromatic rings. The van der Waals surface area contributed by atoms with Crippen LogP contribution in [0.25, 0.3) is 0 Å². The summed E-state index contributed by atoms with van der Waals surface area (Å²) in [5, 5.41) is 6.35. The molecule has 0 radical (unpaired) electrons. The largest absolute Gasteiger partial charge is 0.353 e. The van der Waals surface area contributed by atoms with Gasteiger partial charge in [-0.3, -0.25) is 0 Å². The Hall–Kier alpha value is -0.870. The minimum absolute atomic E-state index is 0.113. The fourth-order valence-corrected chi connectivity index (χ4v) is 2.44. The van der Waals surface area contributed by atoms with Gasteiger partial charge in [0.05, 0.1) is 5.54 Å². The van der Waals surface area contributed by atoms with E-state index in [0.717, 1.165) is 9.60 Å². The molecule has 0 aliphatic carbocycles. The Morgan fingerprint density at radius 1 is 1.25 bits per heavy atom. The summed E-state index contributed by atoms with van der Waals surface area (Å²) in [5.74, 6) is 0. The van der Waals surface area contributed by atoms with Crippen molar-refractivity contribution in [2.24, 2.45) is 0 Å². The van der Waals surface area contributed by atoms with Crippen LogP contribution in [0.1, 0.15) is 19.4 Å². The van der Waals surface area contributed by atoms with Crippen LogP contribution < -0.4 is 5.32 Å². The molecule has 84 valence electrons. The standard InChI is InChI=1S/C12H13BrN2S/c1-12(2,15-11-14-7-8-16-11)9-3-5-10(13)6-4-9/h3-8H,1-2H3,(H,14,15). The number of halogens is 1. The van der Waals surface area contributed by atoms with Crippen molar-refractivity contribution in [1.82, 2.24) is 4.98 Å². The summed E-state index contributed by atoms with van der Waals surface area (Å²) >= 11 is 5.06. The normalized spacial score (nSPS) is 11.4. The molecule has 0 spiro atoms. The molecule has 2 rings (SSSR count). The minimum Gasteiger partial charge on any atom is -0.353 e. The van der Waals surface area contributed by atoms with Crippen LogP contribution in [-0.2, 0) is 5.54 Å². The van der Waals surface area contributed by atoms with Gasteiger partial charge in [0.25, 0.3) is 0 Å². The first kappa shape index (κ1) is 11.6. The lowest BCUT2D eigenvalue weighted by atomic mass is 9.95. The van der Waals surface area contributed by atoms with Gasteiger partial charge in [-0.25, -0.2) is 4.98 Å². The number of benzene rings is 1. The molecule has 1 heterocycles. The average molecular weight is 297 g/mol. The molecule has 1 aromatic carbocycles. The van der Waals surface area contributed by atoms with Crippen molar-refractivity contribution < 1.29 is 0 Å². The van der Waals surface area contributed by atoms with Crippen molar-refractivity contribution in [1.29, 1.82) is 0 Å². The predicted octanol–water partition coefficient (Wildman–Crippen LogP) is 4.25. The lowest BCUT2D eigenvalue weighted by molar-refractivity contribution is 0.608. The van der Waals surface area contributed by atoms with Gasteiger partial charge in [-0.15, -0.1) is 11.3 Å². The minimum atomic E-state index is -0.113. The first-order valence-corrected chi connectivity index (χ1v) is 6.69. The third-order valence-electron chi connectivity index (χ3n) is 2.42. The van der Waals surface area contributed by atoms with Crippen LogP contribution >= 0.6 is 27.3 Å². The first-order valence-electron chi connectivity index (χ1n) is 5.02. The smallest absolute Gasteiger partial charge is 0.183 e. The highest BCUT2D eigenvalue weighted by Gasteiger charge is 2.20. The van der Waals surface area contributed by atoms with Crippen LogP contribution in [0.2, 0.25) is 0 Å². The summed E-state index contributed by atoms with van der Waals surface area (Å²) in [6.45, 7) is 4.30. The number of aromatic nitrogens is 1. The maximum Gasteiger partial charge on any atom is 0.183 e. The van der Waals surface area contributed by atoms with Gasteiger partial charge in [0.1, 0.15) is 0 Å². The van der Waals surface area contributed by atoms with Gasteiger partial charge in [0, 0.05) is 16.0 Å². The third kappa shape index (κ3) is 2.62. The Morgan fingerprint density at radius 2 is 1.94 bits per heavy atom. The molecule has 4 heteroatoms. The van der Waals surface area contributed by atoms with Gasteiger partial charge in [0.2, 0.25) is 0 Å². The number of rotatable bonds is 3. The summed E-state index contributed by atoms with van der Waals surface area (Å²) in [6.07, 6.45) is 1.81. The van der Waals surface area contributed by atoms with Gasteiger partial charge in [-0.2, -0.15) is 0 Å². The molecule has 16 heavy (non-hydrogen) atoms. The molecule has 0 aliphatic heterocycles. The van der Waals surface area contributed by atoms with E-state index in [1.54, 1.807) is 11.3 Å². The second kappa shape index (κ2) is 4.55. The summed E-state index contributed by atoms with van der Waals surface area (Å²) in [4.78, 5) is 4.24. The lowest BCUT2D eigenvalue weighted by Gasteiger charge is -2.26. The molecule has 0 saturated heterocycles. The van der Waals surface area contributed by atoms with Crippen molar-refractivity contribution in [3.8, 4) is 0 Å². The zero-order valence-corrected chi connectivity index (χ0v) is 11.6. The van der Waals surface area contributed by atoms with Crippen molar-refractivity contribution in [2.75, 3.05) is 5.32 Å². The van der Waals surface area contributed by atoms with E-state index >= 15 is 0 Å². The molecule has 0 amide bonds. The van der Waals surface area contributed by atoms with Crippen molar-refractivity contribution in [3.63, 3.8) is 0 Å². The molecule has 1 aromatic heterocycles. The number of nitrogens with zero attached hydrogens (tertiary/aromatic N) is 1. The molecular formula is C12H13BrN2S. The fraction of sp³-hybridized carbons (Fsp3) is 0.250. The van der Waals surface area contributed by atoms with Gasteiger partial charge in [-0.05, 0) is 31.5 Å². The number of thiazole rings is 1. The van der Waals surface area contributed by atoms with Crippen LogP contribution in [0.5, 0.6) is 0 Å². The van der Waals surface area contributed by atoms with E-state index in [2.05, 4.69) is 64.3 Å². The van der Waals surface area contributed by atoms with Crippen molar-refractivity contribution in [2.45, 2.75) is 19.4 Å². The van der Waals surface area contributed by atoms with Crippen LogP contribution in [0.3, 0.4) is 0 Å². The van der Waals surface area contributed by atoms with Gasteiger partial charge < -0.3 is 5.32 Å². The number of nitrogens with one attached hydrogen (secondary N) is 1. The second-order valence-electron chi connectivity index (χ2n) is 4.09. The SMILES string of the molecule is CC(C)(Nc1nccs1)c1ccc(Br)cc1. The maximum absolute atomic E-state index is 4.24. The first-order chi connectivity index (χ1) is 7.58. The van der Waals surface area contributed by atoms with Gasteiger partial charge in [-0.1, -0.05) is 28.1 Å². The summed E-state index contributed by atoms with van der Waals surface area (Å²) in [6, 6.07) is 8.34. The van der Waals surface area contributed by atoms with Crippen molar-refractivity contribution in [3.05, 3.63) is 45.9 Å². The molecule has 0 saturated carbocycles. The highest BCUT2D eigenvalue weighted by molar-refractivity contribution is 9.10. The summed E-state index contributed by atoms with van der Waals surface area (Å²) in [5.41, 5.74) is 1.13. The Bertz CT molecular complexity index is 448. The average Bonchev–Trinajstić information content (AvgIpc) is 2.70. The summed E-state index contributed by atoms with van der Waals surface area (Å²) in [7, 11) is 0. The second-order valence-corrected chi connectivity index (χ2v) is 5.90. The molecule has 0 fully saturated rings. The van der Waals surface area contributed by atoms with E-state index in [0.29, 0.717) is 0 Å². The Kier molecular flexibility index (Phi) is 3.30. The van der Waals surface area contributed by atoms with E-state index in [1.165, 1.54) is 5.56 Å². The van der Waals surface area contributed by atoms with E-state index in [-0.39, 0.29) is 5.54 Å². The van der Waals surface area contributed by atoms with Crippen LogP contribution in [-0.4, -0.2) is 4.98 Å². The van der Waals surface area contributed by atoms with E-state index < -0.39 is 0 Å². The lowest BCUT2D eigenvalue weighted by Crippen LogP contribution is -2.27. The predicted molar refractivity (Wildman–Crippen MR) is 72.9 cm³/mol. The van der Waals surface area contributed by atoms with Crippen LogP contribution in [0.4, 0.5) is 5.13 Å². The highest BCUT2D eigenvalue weighted by atomic mass is 79.9. The topological polar surface area (TPSA) is 24.9 Å². The molecule has 0 atom stereocenters. The van der Waals surface area contributed by atoms with Gasteiger partial charge in [0.15, 0.2) is 5.13 Å². The van der Waals surface area contributed by atoms with E-state index in [9.17, 15) is 0 Å². The van der Waals surface area contributed by atoms with E-state index in [4.69, 9.17) is 0 Å². The molecule has 0 unspecified atom stereocenters. The number of hydrogen-bond donors (Lipinski definition) is 1. The molecule has 1 N–H and O–H groups in total. The zero-order valence-electron chi connectivity index (χ0n) is 9.20. The Labute approximate surface area is 108 Å². The molecular weight excluding hydrogens is 284 g/mol. The highest BCUT2D eigenvalue weighted by Crippen LogP contribution is 2.27. The van der Waals surface area contributed by atoms with E-state index in [1.807, 2.05) is 11.6 Å². The molecule has 0 bridgehead atoms. The third-order valence-corrected chi connectivity index (χ3v) is 3.63. The zero-order chi connectivity index (χ0) is 11.6. The van der Waals surface area contributed by atoms with Gasteiger partial charge >= 0.3 is 0 Å². The number of hydrogen-bond acceptors (Lipinski definition) is 3. The quantitative estimate of drug-likeness (QED) is 0.916. The Balaban J connectivity index is 2.21. The molecule has 2 nitrogen and oxygen atoms in total.